The van der Waals surface area contributed by atoms with Gasteiger partial charge in [-0.2, -0.15) is 0 Å². The number of para-hydroxylation sites is 1. The summed E-state index contributed by atoms with van der Waals surface area (Å²) in [6.45, 7) is 2.95. The first-order chi connectivity index (χ1) is 9.22. The Bertz CT molecular complexity index is 473. The Kier molecular flexibility index (Phi) is 4.91. The molecule has 1 aliphatic rings. The Hall–Kier alpha value is -1.42. The van der Waals surface area contributed by atoms with Crippen molar-refractivity contribution in [3.63, 3.8) is 0 Å². The topological polar surface area (TPSA) is 32.3 Å². The first-order valence-corrected chi connectivity index (χ1v) is 7.32. The molecule has 1 heterocycles. The van der Waals surface area contributed by atoms with Crippen LogP contribution in [-0.2, 0) is 11.2 Å². The number of nitrogens with one attached hydrogen (secondary N) is 1. The summed E-state index contributed by atoms with van der Waals surface area (Å²) in [5, 5.41) is 3.38. The third-order valence-corrected chi connectivity index (χ3v) is 3.68. The van der Waals surface area contributed by atoms with E-state index in [-0.39, 0.29) is 5.91 Å². The number of carbonyl (C=O) groups is 1. The van der Waals surface area contributed by atoms with E-state index >= 15 is 0 Å². The van der Waals surface area contributed by atoms with Gasteiger partial charge in [-0.1, -0.05) is 31.5 Å². The number of hydrogen-bond donors (Lipinski definition) is 1. The second kappa shape index (κ2) is 6.66. The van der Waals surface area contributed by atoms with Gasteiger partial charge < -0.3 is 10.2 Å². The fourth-order valence-corrected chi connectivity index (χ4v) is 2.63. The van der Waals surface area contributed by atoms with Crippen molar-refractivity contribution < 1.29 is 4.79 Å². The zero-order valence-electron chi connectivity index (χ0n) is 11.3. The highest BCUT2D eigenvalue weighted by atomic mass is 32.1. The maximum atomic E-state index is 11.7. The number of anilines is 1. The van der Waals surface area contributed by atoms with Gasteiger partial charge in [-0.05, 0) is 43.1 Å². The fraction of sp³-hybridized carbons (Fsp3) is 0.467. The predicted molar refractivity (Wildman–Crippen MR) is 82.4 cm³/mol. The van der Waals surface area contributed by atoms with Crippen molar-refractivity contribution in [1.29, 1.82) is 0 Å². The molecule has 0 aliphatic carbocycles. The van der Waals surface area contributed by atoms with E-state index in [1.54, 1.807) is 0 Å². The Morgan fingerprint density at radius 2 is 2.21 bits per heavy atom. The second-order valence-electron chi connectivity index (χ2n) is 4.84. The molecule has 2 rings (SSSR count). The van der Waals surface area contributed by atoms with E-state index in [2.05, 4.69) is 24.4 Å². The van der Waals surface area contributed by atoms with Crippen LogP contribution in [-0.4, -0.2) is 17.6 Å². The molecule has 0 radical (unpaired) electrons. The van der Waals surface area contributed by atoms with Gasteiger partial charge in [0.1, 0.15) is 0 Å². The normalized spacial score (nSPS) is 13.8. The van der Waals surface area contributed by atoms with Crippen molar-refractivity contribution in [1.82, 2.24) is 5.32 Å². The van der Waals surface area contributed by atoms with Gasteiger partial charge in [0.15, 0.2) is 5.11 Å². The quantitative estimate of drug-likeness (QED) is 0.861. The van der Waals surface area contributed by atoms with E-state index in [1.165, 1.54) is 5.56 Å². The summed E-state index contributed by atoms with van der Waals surface area (Å²) in [4.78, 5) is 13.8. The van der Waals surface area contributed by atoms with Crippen molar-refractivity contribution >= 4 is 28.9 Å². The minimum Gasteiger partial charge on any atom is -0.318 e. The molecular formula is C15H20N2OS. The molecule has 4 heteroatoms. The molecule has 1 aromatic rings. The van der Waals surface area contributed by atoms with E-state index < -0.39 is 0 Å². The summed E-state index contributed by atoms with van der Waals surface area (Å²) in [5.41, 5.74) is 2.44. The van der Waals surface area contributed by atoms with Crippen molar-refractivity contribution in [3.05, 3.63) is 29.8 Å². The van der Waals surface area contributed by atoms with Crippen LogP contribution in [0.2, 0.25) is 0 Å². The molecule has 0 aromatic heterocycles. The third-order valence-electron chi connectivity index (χ3n) is 3.36. The lowest BCUT2D eigenvalue weighted by Gasteiger charge is -2.31. The molecule has 102 valence electrons. The fourth-order valence-electron chi connectivity index (χ4n) is 2.33. The SMILES string of the molecule is CCCCC(=O)NC(=S)N1CCCc2ccccc21. The van der Waals surface area contributed by atoms with Crippen molar-refractivity contribution in [3.8, 4) is 0 Å². The van der Waals surface area contributed by atoms with Gasteiger partial charge in [-0.3, -0.25) is 4.79 Å². The van der Waals surface area contributed by atoms with Gasteiger partial charge in [0.05, 0.1) is 0 Å². The minimum atomic E-state index is 0.0231. The van der Waals surface area contributed by atoms with E-state index in [1.807, 2.05) is 17.0 Å². The number of aryl methyl sites for hydroxylation is 1. The van der Waals surface area contributed by atoms with Crippen LogP contribution < -0.4 is 10.2 Å². The van der Waals surface area contributed by atoms with Gasteiger partial charge in [0, 0.05) is 18.7 Å². The monoisotopic (exact) mass is 276 g/mol. The molecule has 1 amide bonds. The Morgan fingerprint density at radius 3 is 3.00 bits per heavy atom. The number of hydrogen-bond acceptors (Lipinski definition) is 2. The lowest BCUT2D eigenvalue weighted by molar-refractivity contribution is -0.119. The number of amides is 1. The molecule has 0 fully saturated rings. The molecule has 19 heavy (non-hydrogen) atoms. The molecule has 3 nitrogen and oxygen atoms in total. The molecule has 1 aliphatic heterocycles. The third kappa shape index (κ3) is 3.53. The number of nitrogens with zero attached hydrogens (tertiary/aromatic N) is 1. The lowest BCUT2D eigenvalue weighted by Crippen LogP contribution is -2.45. The Labute approximate surface area is 120 Å². The number of thiocarbonyl (C=S) groups is 1. The van der Waals surface area contributed by atoms with Crippen molar-refractivity contribution in [2.24, 2.45) is 0 Å². The Balaban J connectivity index is 2.03. The lowest BCUT2D eigenvalue weighted by atomic mass is 10.0. The predicted octanol–water partition coefficient (Wildman–Crippen LogP) is 3.03. The highest BCUT2D eigenvalue weighted by Gasteiger charge is 2.20. The van der Waals surface area contributed by atoms with Crippen LogP contribution in [0.5, 0.6) is 0 Å². The molecule has 0 saturated carbocycles. The summed E-state index contributed by atoms with van der Waals surface area (Å²) in [6, 6.07) is 8.26. The van der Waals surface area contributed by atoms with Crippen LogP contribution in [0, 0.1) is 0 Å². The molecule has 0 bridgehead atoms. The summed E-state index contributed by atoms with van der Waals surface area (Å²) in [7, 11) is 0. The average Bonchev–Trinajstić information content (AvgIpc) is 2.44. The molecular weight excluding hydrogens is 256 g/mol. The van der Waals surface area contributed by atoms with Gasteiger partial charge >= 0.3 is 0 Å². The van der Waals surface area contributed by atoms with E-state index in [0.29, 0.717) is 11.5 Å². The average molecular weight is 276 g/mol. The van der Waals surface area contributed by atoms with E-state index in [4.69, 9.17) is 12.2 Å². The second-order valence-corrected chi connectivity index (χ2v) is 5.23. The number of unbranched alkanes of at least 4 members (excludes halogenated alkanes) is 1. The van der Waals surface area contributed by atoms with Crippen LogP contribution in [0.25, 0.3) is 0 Å². The maximum absolute atomic E-state index is 11.7. The van der Waals surface area contributed by atoms with Crippen LogP contribution >= 0.6 is 12.2 Å². The zero-order valence-corrected chi connectivity index (χ0v) is 12.1. The van der Waals surface area contributed by atoms with Crippen LogP contribution in [0.4, 0.5) is 5.69 Å². The summed E-state index contributed by atoms with van der Waals surface area (Å²) in [5.74, 6) is 0.0231. The van der Waals surface area contributed by atoms with Gasteiger partial charge in [-0.25, -0.2) is 0 Å². The van der Waals surface area contributed by atoms with Crippen molar-refractivity contribution in [2.75, 3.05) is 11.4 Å². The number of carbonyl (C=O) groups excluding carboxylic acids is 1. The number of fused-ring (bicyclic) bond motifs is 1. The molecule has 1 N–H and O–H groups in total. The zero-order chi connectivity index (χ0) is 13.7. The van der Waals surface area contributed by atoms with E-state index in [9.17, 15) is 4.79 Å². The summed E-state index contributed by atoms with van der Waals surface area (Å²) >= 11 is 5.37. The first-order valence-electron chi connectivity index (χ1n) is 6.91. The smallest absolute Gasteiger partial charge is 0.226 e. The van der Waals surface area contributed by atoms with Crippen LogP contribution in [0.15, 0.2) is 24.3 Å². The number of benzene rings is 1. The summed E-state index contributed by atoms with van der Waals surface area (Å²) in [6.07, 6.45) is 4.63. The van der Waals surface area contributed by atoms with Gasteiger partial charge in [-0.15, -0.1) is 0 Å². The molecule has 0 saturated heterocycles. The summed E-state index contributed by atoms with van der Waals surface area (Å²) < 4.78 is 0. The highest BCUT2D eigenvalue weighted by Crippen LogP contribution is 2.26. The Morgan fingerprint density at radius 1 is 1.42 bits per heavy atom. The van der Waals surface area contributed by atoms with Crippen LogP contribution in [0.1, 0.15) is 38.2 Å². The standard InChI is InChI=1S/C15H20N2OS/c1-2-3-10-14(18)16-15(19)17-11-6-8-12-7-4-5-9-13(12)17/h4-5,7,9H,2-3,6,8,10-11H2,1H3,(H,16,18,19). The first kappa shape index (κ1) is 14.0. The minimum absolute atomic E-state index is 0.0231. The largest absolute Gasteiger partial charge is 0.318 e. The highest BCUT2D eigenvalue weighted by molar-refractivity contribution is 7.80. The van der Waals surface area contributed by atoms with Crippen molar-refractivity contribution in [2.45, 2.75) is 39.0 Å². The van der Waals surface area contributed by atoms with Gasteiger partial charge in [0.25, 0.3) is 0 Å². The number of rotatable bonds is 3. The molecule has 0 unspecified atom stereocenters. The molecule has 0 atom stereocenters. The van der Waals surface area contributed by atoms with Gasteiger partial charge in [0.2, 0.25) is 5.91 Å². The molecule has 0 spiro atoms. The van der Waals surface area contributed by atoms with E-state index in [0.717, 1.165) is 37.9 Å². The maximum Gasteiger partial charge on any atom is 0.226 e. The molecule has 1 aromatic carbocycles. The van der Waals surface area contributed by atoms with Crippen LogP contribution in [0.3, 0.4) is 0 Å².